The van der Waals surface area contributed by atoms with E-state index in [0.29, 0.717) is 25.2 Å². The molecule has 2 fully saturated rings. The van der Waals surface area contributed by atoms with Crippen LogP contribution in [0.1, 0.15) is 41.7 Å². The summed E-state index contributed by atoms with van der Waals surface area (Å²) in [5.74, 6) is 0.403. The van der Waals surface area contributed by atoms with Crippen molar-refractivity contribution < 1.29 is 17.9 Å². The third-order valence-electron chi connectivity index (χ3n) is 4.25. The summed E-state index contributed by atoms with van der Waals surface area (Å²) in [6.07, 6.45) is 3.87. The SMILES string of the molecule is CC1(n2cc(C=O)c(C3CCOC3)n2)CCS(=O)(=O)C1. The highest BCUT2D eigenvalue weighted by Gasteiger charge is 2.41. The van der Waals surface area contributed by atoms with Crippen LogP contribution in [-0.4, -0.2) is 49.2 Å². The first kappa shape index (κ1) is 13.8. The summed E-state index contributed by atoms with van der Waals surface area (Å²) in [5, 5.41) is 4.52. The number of carbonyl (C=O) groups is 1. The molecule has 2 unspecified atom stereocenters. The van der Waals surface area contributed by atoms with Crippen LogP contribution in [0.3, 0.4) is 0 Å². The normalized spacial score (nSPS) is 32.5. The molecule has 1 aromatic heterocycles. The average Bonchev–Trinajstić information content (AvgIpc) is 3.07. The lowest BCUT2D eigenvalue weighted by molar-refractivity contribution is 0.112. The van der Waals surface area contributed by atoms with E-state index in [2.05, 4.69) is 5.10 Å². The van der Waals surface area contributed by atoms with Gasteiger partial charge in [-0.05, 0) is 19.8 Å². The van der Waals surface area contributed by atoms with Crippen LogP contribution in [0.2, 0.25) is 0 Å². The van der Waals surface area contributed by atoms with E-state index in [1.54, 1.807) is 10.9 Å². The number of hydrogen-bond donors (Lipinski definition) is 0. The molecule has 0 N–H and O–H groups in total. The molecule has 2 atom stereocenters. The Hall–Kier alpha value is -1.21. The van der Waals surface area contributed by atoms with Gasteiger partial charge in [0.25, 0.3) is 0 Å². The molecule has 110 valence electrons. The van der Waals surface area contributed by atoms with Gasteiger partial charge in [-0.3, -0.25) is 9.48 Å². The van der Waals surface area contributed by atoms with Crippen LogP contribution >= 0.6 is 0 Å². The minimum atomic E-state index is -3.01. The van der Waals surface area contributed by atoms with E-state index in [-0.39, 0.29) is 17.4 Å². The van der Waals surface area contributed by atoms with E-state index in [4.69, 9.17) is 4.74 Å². The predicted octanol–water partition coefficient (Wildman–Crippen LogP) is 0.733. The number of rotatable bonds is 3. The van der Waals surface area contributed by atoms with Crippen LogP contribution < -0.4 is 0 Å². The fourth-order valence-corrected chi connectivity index (χ4v) is 5.13. The van der Waals surface area contributed by atoms with Gasteiger partial charge in [-0.2, -0.15) is 5.10 Å². The average molecular weight is 298 g/mol. The molecule has 1 aromatic rings. The summed E-state index contributed by atoms with van der Waals surface area (Å²) in [6.45, 7) is 3.14. The maximum Gasteiger partial charge on any atom is 0.153 e. The minimum absolute atomic E-state index is 0.0839. The second kappa shape index (κ2) is 4.66. The lowest BCUT2D eigenvalue weighted by Gasteiger charge is -2.22. The first-order valence-corrected chi connectivity index (χ1v) is 8.59. The molecule has 2 aliphatic rings. The van der Waals surface area contributed by atoms with E-state index in [0.717, 1.165) is 18.4 Å². The van der Waals surface area contributed by atoms with Crippen LogP contribution in [0, 0.1) is 0 Å². The Morgan fingerprint density at radius 3 is 2.90 bits per heavy atom. The van der Waals surface area contributed by atoms with Crippen LogP contribution in [0.15, 0.2) is 6.20 Å². The fraction of sp³-hybridized carbons (Fsp3) is 0.692. The molecule has 0 spiro atoms. The van der Waals surface area contributed by atoms with E-state index in [1.165, 1.54) is 0 Å². The van der Waals surface area contributed by atoms with Gasteiger partial charge < -0.3 is 4.74 Å². The third kappa shape index (κ3) is 2.29. The third-order valence-corrected chi connectivity index (χ3v) is 6.14. The number of aldehydes is 1. The van der Waals surface area contributed by atoms with Crippen molar-refractivity contribution in [2.24, 2.45) is 0 Å². The number of nitrogens with zero attached hydrogens (tertiary/aromatic N) is 2. The summed E-state index contributed by atoms with van der Waals surface area (Å²) in [5.41, 5.74) is 0.739. The zero-order valence-electron chi connectivity index (χ0n) is 11.4. The van der Waals surface area contributed by atoms with E-state index < -0.39 is 15.4 Å². The van der Waals surface area contributed by atoms with Crippen LogP contribution in [0.5, 0.6) is 0 Å². The summed E-state index contributed by atoms with van der Waals surface area (Å²) < 4.78 is 30.4. The summed E-state index contributed by atoms with van der Waals surface area (Å²) >= 11 is 0. The van der Waals surface area contributed by atoms with Gasteiger partial charge in [-0.15, -0.1) is 0 Å². The summed E-state index contributed by atoms with van der Waals surface area (Å²) in [6, 6.07) is 0. The quantitative estimate of drug-likeness (QED) is 0.769. The van der Waals surface area contributed by atoms with Crippen LogP contribution in [0.25, 0.3) is 0 Å². The molecular weight excluding hydrogens is 280 g/mol. The molecule has 0 saturated carbocycles. The molecule has 6 nitrogen and oxygen atoms in total. The second-order valence-corrected chi connectivity index (χ2v) is 8.12. The number of aromatic nitrogens is 2. The molecular formula is C13H18N2O4S. The van der Waals surface area contributed by atoms with Gasteiger partial charge >= 0.3 is 0 Å². The van der Waals surface area contributed by atoms with Crippen molar-refractivity contribution >= 4 is 16.1 Å². The number of hydrogen-bond acceptors (Lipinski definition) is 5. The summed E-state index contributed by atoms with van der Waals surface area (Å²) in [7, 11) is -3.01. The zero-order valence-corrected chi connectivity index (χ0v) is 12.2. The molecule has 3 heterocycles. The smallest absolute Gasteiger partial charge is 0.153 e. The predicted molar refractivity (Wildman–Crippen MR) is 72.7 cm³/mol. The highest BCUT2D eigenvalue weighted by atomic mass is 32.2. The summed E-state index contributed by atoms with van der Waals surface area (Å²) in [4.78, 5) is 11.2. The van der Waals surface area contributed by atoms with E-state index in [9.17, 15) is 13.2 Å². The number of carbonyl (C=O) groups excluding carboxylic acids is 1. The van der Waals surface area contributed by atoms with Crippen molar-refractivity contribution in [2.75, 3.05) is 24.7 Å². The molecule has 0 aromatic carbocycles. The highest BCUT2D eigenvalue weighted by molar-refractivity contribution is 7.91. The lowest BCUT2D eigenvalue weighted by atomic mass is 10.0. The molecule has 7 heteroatoms. The molecule has 0 radical (unpaired) electrons. The Bertz CT molecular complexity index is 631. The maximum atomic E-state index is 11.7. The first-order chi connectivity index (χ1) is 9.43. The Morgan fingerprint density at radius 1 is 1.55 bits per heavy atom. The monoisotopic (exact) mass is 298 g/mol. The van der Waals surface area contributed by atoms with Gasteiger partial charge in [0.1, 0.15) is 0 Å². The molecule has 2 aliphatic heterocycles. The molecule has 0 aliphatic carbocycles. The van der Waals surface area contributed by atoms with Crippen molar-refractivity contribution in [3.8, 4) is 0 Å². The largest absolute Gasteiger partial charge is 0.381 e. The van der Waals surface area contributed by atoms with Gasteiger partial charge in [-0.1, -0.05) is 0 Å². The Labute approximate surface area is 118 Å². The lowest BCUT2D eigenvalue weighted by Crippen LogP contribution is -2.32. The number of ether oxygens (including phenoxy) is 1. The van der Waals surface area contributed by atoms with Crippen molar-refractivity contribution in [2.45, 2.75) is 31.2 Å². The van der Waals surface area contributed by atoms with Gasteiger partial charge in [0, 0.05) is 18.7 Å². The Kier molecular flexibility index (Phi) is 3.21. The van der Waals surface area contributed by atoms with Crippen molar-refractivity contribution in [3.05, 3.63) is 17.5 Å². The molecule has 20 heavy (non-hydrogen) atoms. The van der Waals surface area contributed by atoms with Gasteiger partial charge in [0.15, 0.2) is 16.1 Å². The zero-order chi connectivity index (χ0) is 14.4. The minimum Gasteiger partial charge on any atom is -0.381 e. The van der Waals surface area contributed by atoms with E-state index in [1.807, 2.05) is 6.92 Å². The van der Waals surface area contributed by atoms with Crippen LogP contribution in [0.4, 0.5) is 0 Å². The molecule has 2 saturated heterocycles. The van der Waals surface area contributed by atoms with E-state index >= 15 is 0 Å². The topological polar surface area (TPSA) is 78.3 Å². The number of sulfone groups is 1. The molecule has 3 rings (SSSR count). The Balaban J connectivity index is 1.97. The van der Waals surface area contributed by atoms with Gasteiger partial charge in [0.2, 0.25) is 0 Å². The van der Waals surface area contributed by atoms with Gasteiger partial charge in [-0.25, -0.2) is 8.42 Å². The van der Waals surface area contributed by atoms with Crippen LogP contribution in [-0.2, 0) is 20.1 Å². The van der Waals surface area contributed by atoms with Gasteiger partial charge in [0.05, 0.1) is 34.9 Å². The fourth-order valence-electron chi connectivity index (χ4n) is 3.01. The first-order valence-electron chi connectivity index (χ1n) is 6.77. The van der Waals surface area contributed by atoms with Crippen molar-refractivity contribution in [1.82, 2.24) is 9.78 Å². The Morgan fingerprint density at radius 2 is 2.35 bits per heavy atom. The molecule has 0 bridgehead atoms. The molecule has 0 amide bonds. The van der Waals surface area contributed by atoms with Crippen molar-refractivity contribution in [3.63, 3.8) is 0 Å². The maximum absolute atomic E-state index is 11.7. The second-order valence-electron chi connectivity index (χ2n) is 5.93. The highest BCUT2D eigenvalue weighted by Crippen LogP contribution is 2.33. The standard InChI is InChI=1S/C13H18N2O4S/c1-13(3-5-20(17,18)9-13)15-6-11(7-16)12(14-15)10-2-4-19-8-10/h6-7,10H,2-5,8-9H2,1H3. The van der Waals surface area contributed by atoms with Crippen molar-refractivity contribution in [1.29, 1.82) is 0 Å².